The summed E-state index contributed by atoms with van der Waals surface area (Å²) in [6.07, 6.45) is 1.63. The Morgan fingerprint density at radius 1 is 1.32 bits per heavy atom. The molecule has 0 aliphatic heterocycles. The van der Waals surface area contributed by atoms with Crippen molar-refractivity contribution in [3.63, 3.8) is 0 Å². The van der Waals surface area contributed by atoms with Crippen molar-refractivity contribution in [2.45, 2.75) is 13.5 Å². The van der Waals surface area contributed by atoms with Crippen LogP contribution < -0.4 is 0 Å². The molecule has 0 saturated carbocycles. The summed E-state index contributed by atoms with van der Waals surface area (Å²) in [5, 5.41) is 0. The van der Waals surface area contributed by atoms with Crippen LogP contribution in [0, 0.1) is 5.82 Å². The Labute approximate surface area is 126 Å². The van der Waals surface area contributed by atoms with Gasteiger partial charge >= 0.3 is 5.97 Å². The molecule has 0 amide bonds. The van der Waals surface area contributed by atoms with Gasteiger partial charge in [-0.3, -0.25) is 9.36 Å². The van der Waals surface area contributed by atoms with Crippen molar-refractivity contribution < 1.29 is 13.9 Å². The van der Waals surface area contributed by atoms with Gasteiger partial charge in [0.1, 0.15) is 23.7 Å². The lowest BCUT2D eigenvalue weighted by Gasteiger charge is -2.08. The standard InChI is InChI=1S/C16H14FN3O2/c1-2-22-14(21)10-20-15(11-5-3-6-12(17)9-11)19-13-7-4-8-18-16(13)20/h3-9H,2,10H2,1H3. The Bertz CT molecular complexity index is 829. The molecule has 0 unspecified atom stereocenters. The Hall–Kier alpha value is -2.76. The van der Waals surface area contributed by atoms with E-state index >= 15 is 0 Å². The summed E-state index contributed by atoms with van der Waals surface area (Å²) in [5.41, 5.74) is 1.79. The van der Waals surface area contributed by atoms with E-state index in [-0.39, 0.29) is 18.3 Å². The lowest BCUT2D eigenvalue weighted by Crippen LogP contribution is -2.14. The number of rotatable bonds is 4. The molecule has 0 radical (unpaired) electrons. The van der Waals surface area contributed by atoms with Crippen LogP contribution in [-0.4, -0.2) is 27.1 Å². The molecule has 0 atom stereocenters. The summed E-state index contributed by atoms with van der Waals surface area (Å²) < 4.78 is 20.1. The second-order valence-electron chi connectivity index (χ2n) is 4.68. The van der Waals surface area contributed by atoms with Crippen molar-refractivity contribution in [3.8, 4) is 11.4 Å². The Morgan fingerprint density at radius 2 is 2.18 bits per heavy atom. The number of benzene rings is 1. The zero-order chi connectivity index (χ0) is 15.5. The molecule has 0 aliphatic rings. The maximum atomic E-state index is 13.5. The molecule has 3 aromatic rings. The van der Waals surface area contributed by atoms with Crippen molar-refractivity contribution in [2.24, 2.45) is 0 Å². The predicted octanol–water partition coefficient (Wildman–Crippen LogP) is 2.80. The number of nitrogens with zero attached hydrogens (tertiary/aromatic N) is 3. The fourth-order valence-electron chi connectivity index (χ4n) is 2.29. The van der Waals surface area contributed by atoms with Crippen LogP contribution >= 0.6 is 0 Å². The number of fused-ring (bicyclic) bond motifs is 1. The fourth-order valence-corrected chi connectivity index (χ4v) is 2.29. The van der Waals surface area contributed by atoms with Crippen molar-refractivity contribution in [2.75, 3.05) is 6.61 Å². The van der Waals surface area contributed by atoms with Gasteiger partial charge in [-0.15, -0.1) is 0 Å². The molecule has 0 aliphatic carbocycles. The van der Waals surface area contributed by atoms with E-state index in [1.807, 2.05) is 0 Å². The van der Waals surface area contributed by atoms with Gasteiger partial charge in [0, 0.05) is 11.8 Å². The van der Waals surface area contributed by atoms with E-state index in [0.717, 1.165) is 0 Å². The minimum absolute atomic E-state index is 0.0206. The average Bonchev–Trinajstić information content (AvgIpc) is 2.86. The van der Waals surface area contributed by atoms with Gasteiger partial charge in [0.2, 0.25) is 0 Å². The highest BCUT2D eigenvalue weighted by molar-refractivity contribution is 5.80. The first-order valence-corrected chi connectivity index (χ1v) is 6.92. The average molecular weight is 299 g/mol. The van der Waals surface area contributed by atoms with Gasteiger partial charge in [0.15, 0.2) is 5.65 Å². The number of imidazole rings is 1. The summed E-state index contributed by atoms with van der Waals surface area (Å²) >= 11 is 0. The van der Waals surface area contributed by atoms with Crippen LogP contribution in [0.4, 0.5) is 4.39 Å². The van der Waals surface area contributed by atoms with Crippen LogP contribution in [0.2, 0.25) is 0 Å². The van der Waals surface area contributed by atoms with Crippen molar-refractivity contribution in [1.29, 1.82) is 0 Å². The van der Waals surface area contributed by atoms with E-state index in [2.05, 4.69) is 9.97 Å². The zero-order valence-corrected chi connectivity index (χ0v) is 12.0. The highest BCUT2D eigenvalue weighted by atomic mass is 19.1. The highest BCUT2D eigenvalue weighted by Crippen LogP contribution is 2.24. The van der Waals surface area contributed by atoms with Crippen LogP contribution in [0.25, 0.3) is 22.6 Å². The molecule has 112 valence electrons. The maximum absolute atomic E-state index is 13.5. The molecule has 0 spiro atoms. The van der Waals surface area contributed by atoms with Gasteiger partial charge in [0.05, 0.1) is 6.61 Å². The molecule has 2 heterocycles. The van der Waals surface area contributed by atoms with E-state index in [9.17, 15) is 9.18 Å². The summed E-state index contributed by atoms with van der Waals surface area (Å²) in [7, 11) is 0. The van der Waals surface area contributed by atoms with Crippen LogP contribution in [0.15, 0.2) is 42.6 Å². The second-order valence-corrected chi connectivity index (χ2v) is 4.68. The lowest BCUT2D eigenvalue weighted by molar-refractivity contribution is -0.143. The first-order chi connectivity index (χ1) is 10.7. The lowest BCUT2D eigenvalue weighted by atomic mass is 10.2. The Balaban J connectivity index is 2.14. The van der Waals surface area contributed by atoms with Crippen molar-refractivity contribution >= 4 is 17.1 Å². The Kier molecular flexibility index (Phi) is 3.82. The molecule has 1 aromatic carbocycles. The zero-order valence-electron chi connectivity index (χ0n) is 12.0. The number of pyridine rings is 1. The molecule has 5 nitrogen and oxygen atoms in total. The van der Waals surface area contributed by atoms with Gasteiger partial charge in [-0.05, 0) is 31.2 Å². The molecular formula is C16H14FN3O2. The maximum Gasteiger partial charge on any atom is 0.326 e. The third-order valence-corrected chi connectivity index (χ3v) is 3.18. The summed E-state index contributed by atoms with van der Waals surface area (Å²) in [6.45, 7) is 2.02. The smallest absolute Gasteiger partial charge is 0.326 e. The van der Waals surface area contributed by atoms with E-state index in [1.165, 1.54) is 12.1 Å². The number of ether oxygens (including phenoxy) is 1. The van der Waals surface area contributed by atoms with Crippen LogP contribution in [0.5, 0.6) is 0 Å². The second kappa shape index (κ2) is 5.93. The first-order valence-electron chi connectivity index (χ1n) is 6.92. The van der Waals surface area contributed by atoms with Crippen LogP contribution in [-0.2, 0) is 16.1 Å². The largest absolute Gasteiger partial charge is 0.465 e. The topological polar surface area (TPSA) is 57.0 Å². The quantitative estimate of drug-likeness (QED) is 0.695. The number of carbonyl (C=O) groups excluding carboxylic acids is 1. The summed E-state index contributed by atoms with van der Waals surface area (Å²) in [6, 6.07) is 9.65. The third kappa shape index (κ3) is 2.67. The number of carbonyl (C=O) groups is 1. The molecule has 0 saturated heterocycles. The number of esters is 1. The molecule has 0 N–H and O–H groups in total. The van der Waals surface area contributed by atoms with E-state index in [4.69, 9.17) is 4.74 Å². The minimum Gasteiger partial charge on any atom is -0.465 e. The molecule has 0 bridgehead atoms. The molecule has 0 fully saturated rings. The van der Waals surface area contributed by atoms with E-state index in [0.29, 0.717) is 29.2 Å². The van der Waals surface area contributed by atoms with Crippen LogP contribution in [0.3, 0.4) is 0 Å². The fraction of sp³-hybridized carbons (Fsp3) is 0.188. The van der Waals surface area contributed by atoms with Crippen molar-refractivity contribution in [1.82, 2.24) is 14.5 Å². The van der Waals surface area contributed by atoms with Gasteiger partial charge in [-0.2, -0.15) is 0 Å². The van der Waals surface area contributed by atoms with Gasteiger partial charge < -0.3 is 4.74 Å². The summed E-state index contributed by atoms with van der Waals surface area (Å²) in [5.74, 6) is -0.258. The molecular weight excluding hydrogens is 285 g/mol. The predicted molar refractivity (Wildman–Crippen MR) is 79.6 cm³/mol. The van der Waals surface area contributed by atoms with Gasteiger partial charge in [-0.25, -0.2) is 14.4 Å². The van der Waals surface area contributed by atoms with E-state index < -0.39 is 0 Å². The SMILES string of the molecule is CCOC(=O)Cn1c(-c2cccc(F)c2)nc2cccnc21. The molecule has 6 heteroatoms. The van der Waals surface area contributed by atoms with Crippen LogP contribution in [0.1, 0.15) is 6.92 Å². The number of halogens is 1. The first kappa shape index (κ1) is 14.2. The van der Waals surface area contributed by atoms with E-state index in [1.54, 1.807) is 42.0 Å². The minimum atomic E-state index is -0.384. The number of hydrogen-bond donors (Lipinski definition) is 0. The van der Waals surface area contributed by atoms with Gasteiger partial charge in [0.25, 0.3) is 0 Å². The summed E-state index contributed by atoms with van der Waals surface area (Å²) in [4.78, 5) is 20.6. The molecule has 3 rings (SSSR count). The van der Waals surface area contributed by atoms with Crippen molar-refractivity contribution in [3.05, 3.63) is 48.4 Å². The number of aromatic nitrogens is 3. The monoisotopic (exact) mass is 299 g/mol. The number of hydrogen-bond acceptors (Lipinski definition) is 4. The highest BCUT2D eigenvalue weighted by Gasteiger charge is 2.16. The molecule has 2 aromatic heterocycles. The normalized spacial score (nSPS) is 10.8. The van der Waals surface area contributed by atoms with Gasteiger partial charge in [-0.1, -0.05) is 12.1 Å². The molecule has 22 heavy (non-hydrogen) atoms. The third-order valence-electron chi connectivity index (χ3n) is 3.18. The Morgan fingerprint density at radius 3 is 2.95 bits per heavy atom.